The number of benzene rings is 2. The zero-order valence-corrected chi connectivity index (χ0v) is 16.1. The predicted molar refractivity (Wildman–Crippen MR) is 110 cm³/mol. The fourth-order valence-electron chi connectivity index (χ4n) is 2.41. The molecule has 2 amide bonds. The van der Waals surface area contributed by atoms with Crippen molar-refractivity contribution in [2.75, 3.05) is 23.0 Å². The van der Waals surface area contributed by atoms with E-state index in [2.05, 4.69) is 10.6 Å². The summed E-state index contributed by atoms with van der Waals surface area (Å²) < 4.78 is 10.5. The van der Waals surface area contributed by atoms with E-state index in [9.17, 15) is 9.59 Å². The van der Waals surface area contributed by atoms with E-state index in [0.717, 1.165) is 10.6 Å². The Labute approximate surface area is 167 Å². The molecule has 3 aromatic rings. The summed E-state index contributed by atoms with van der Waals surface area (Å²) in [5, 5.41) is 5.62. The zero-order chi connectivity index (χ0) is 19.8. The Bertz CT molecular complexity index is 924. The summed E-state index contributed by atoms with van der Waals surface area (Å²) in [5.74, 6) is 0.832. The molecule has 0 saturated heterocycles. The number of ether oxygens (including phenoxy) is 1. The topological polar surface area (TPSA) is 80.6 Å². The number of amides is 2. The van der Waals surface area contributed by atoms with E-state index < -0.39 is 0 Å². The smallest absolute Gasteiger partial charge is 0.291 e. The van der Waals surface area contributed by atoms with E-state index in [-0.39, 0.29) is 23.3 Å². The third-order valence-electron chi connectivity index (χ3n) is 3.66. The van der Waals surface area contributed by atoms with Crippen LogP contribution in [-0.2, 0) is 4.79 Å². The van der Waals surface area contributed by atoms with E-state index >= 15 is 0 Å². The SMILES string of the molecule is CCOc1ccc(NC(=O)CSc2cccc(NC(=O)c3ccco3)c2)cc1. The van der Waals surface area contributed by atoms with Crippen molar-refractivity contribution >= 4 is 35.0 Å². The number of furan rings is 1. The van der Waals surface area contributed by atoms with Crippen molar-refractivity contribution in [3.8, 4) is 5.75 Å². The number of nitrogens with one attached hydrogen (secondary N) is 2. The van der Waals surface area contributed by atoms with Crippen molar-refractivity contribution in [2.45, 2.75) is 11.8 Å². The molecule has 1 aromatic heterocycles. The average molecular weight is 396 g/mol. The summed E-state index contributed by atoms with van der Waals surface area (Å²) in [7, 11) is 0. The van der Waals surface area contributed by atoms with Crippen molar-refractivity contribution in [2.24, 2.45) is 0 Å². The van der Waals surface area contributed by atoms with Crippen LogP contribution < -0.4 is 15.4 Å². The van der Waals surface area contributed by atoms with Gasteiger partial charge in [-0.15, -0.1) is 11.8 Å². The standard InChI is InChI=1S/C21H20N2O4S/c1-2-26-17-10-8-15(9-11-17)22-20(24)14-28-18-6-3-5-16(13-18)23-21(25)19-7-4-12-27-19/h3-13H,2,14H2,1H3,(H,22,24)(H,23,25). The lowest BCUT2D eigenvalue weighted by Gasteiger charge is -2.08. The summed E-state index contributed by atoms with van der Waals surface area (Å²) in [6, 6.07) is 17.8. The largest absolute Gasteiger partial charge is 0.494 e. The Balaban J connectivity index is 1.51. The molecule has 0 fully saturated rings. The van der Waals surface area contributed by atoms with Crippen LogP contribution in [0.2, 0.25) is 0 Å². The minimum absolute atomic E-state index is 0.112. The summed E-state index contributed by atoms with van der Waals surface area (Å²) in [6.45, 7) is 2.52. The third kappa shape index (κ3) is 5.65. The number of anilines is 2. The maximum Gasteiger partial charge on any atom is 0.291 e. The summed E-state index contributed by atoms with van der Waals surface area (Å²) in [5.41, 5.74) is 1.35. The summed E-state index contributed by atoms with van der Waals surface area (Å²) in [4.78, 5) is 25.1. The van der Waals surface area contributed by atoms with Crippen LogP contribution in [0.3, 0.4) is 0 Å². The maximum absolute atomic E-state index is 12.2. The molecule has 0 bridgehead atoms. The average Bonchev–Trinajstić information content (AvgIpc) is 3.24. The van der Waals surface area contributed by atoms with E-state index in [1.807, 2.05) is 37.3 Å². The van der Waals surface area contributed by atoms with E-state index in [0.29, 0.717) is 18.0 Å². The van der Waals surface area contributed by atoms with Crippen molar-refractivity contribution in [1.29, 1.82) is 0 Å². The van der Waals surface area contributed by atoms with Gasteiger partial charge in [-0.05, 0) is 61.5 Å². The van der Waals surface area contributed by atoms with E-state index in [1.165, 1.54) is 18.0 Å². The Kier molecular flexibility index (Phi) is 6.75. The van der Waals surface area contributed by atoms with Gasteiger partial charge < -0.3 is 19.8 Å². The second-order valence-electron chi connectivity index (χ2n) is 5.75. The normalized spacial score (nSPS) is 10.3. The molecular formula is C21H20N2O4S. The van der Waals surface area contributed by atoms with Gasteiger partial charge in [0.15, 0.2) is 5.76 Å². The number of carbonyl (C=O) groups excluding carboxylic acids is 2. The molecule has 0 unspecified atom stereocenters. The highest BCUT2D eigenvalue weighted by atomic mass is 32.2. The molecule has 0 aliphatic rings. The first-order chi connectivity index (χ1) is 13.6. The fourth-order valence-corrected chi connectivity index (χ4v) is 3.17. The van der Waals surface area contributed by atoms with E-state index in [1.54, 1.807) is 30.3 Å². The molecule has 0 spiro atoms. The van der Waals surface area contributed by atoms with E-state index in [4.69, 9.17) is 9.15 Å². The van der Waals surface area contributed by atoms with Crippen molar-refractivity contribution < 1.29 is 18.7 Å². The quantitative estimate of drug-likeness (QED) is 0.541. The Morgan fingerprint density at radius 2 is 1.82 bits per heavy atom. The molecule has 3 rings (SSSR count). The second kappa shape index (κ2) is 9.66. The van der Waals surface area contributed by atoms with Gasteiger partial charge in [0.2, 0.25) is 5.91 Å². The number of carbonyl (C=O) groups is 2. The van der Waals surface area contributed by atoms with Crippen molar-refractivity contribution in [1.82, 2.24) is 0 Å². The summed E-state index contributed by atoms with van der Waals surface area (Å²) in [6.07, 6.45) is 1.45. The minimum atomic E-state index is -0.319. The molecule has 1 heterocycles. The lowest BCUT2D eigenvalue weighted by Crippen LogP contribution is -2.14. The Hall–Kier alpha value is -3.19. The van der Waals surface area contributed by atoms with Gasteiger partial charge in [-0.3, -0.25) is 9.59 Å². The molecule has 7 heteroatoms. The van der Waals surface area contributed by atoms with Crippen LogP contribution in [0.5, 0.6) is 5.75 Å². The van der Waals surface area contributed by atoms with Crippen LogP contribution in [0.1, 0.15) is 17.5 Å². The van der Waals surface area contributed by atoms with Gasteiger partial charge >= 0.3 is 0 Å². The fraction of sp³-hybridized carbons (Fsp3) is 0.143. The highest BCUT2D eigenvalue weighted by molar-refractivity contribution is 8.00. The number of rotatable bonds is 8. The van der Waals surface area contributed by atoms with Gasteiger partial charge in [-0.25, -0.2) is 0 Å². The highest BCUT2D eigenvalue weighted by Crippen LogP contribution is 2.23. The van der Waals surface area contributed by atoms with Crippen LogP contribution in [-0.4, -0.2) is 24.2 Å². The molecule has 28 heavy (non-hydrogen) atoms. The molecule has 2 N–H and O–H groups in total. The summed E-state index contributed by atoms with van der Waals surface area (Å²) >= 11 is 1.39. The van der Waals surface area contributed by atoms with Crippen molar-refractivity contribution in [3.63, 3.8) is 0 Å². The first-order valence-electron chi connectivity index (χ1n) is 8.74. The number of thioether (sulfide) groups is 1. The molecule has 0 aliphatic carbocycles. The second-order valence-corrected chi connectivity index (χ2v) is 6.80. The molecule has 0 saturated carbocycles. The molecule has 0 atom stereocenters. The van der Waals surface area contributed by atoms with Gasteiger partial charge in [-0.2, -0.15) is 0 Å². The van der Waals surface area contributed by atoms with Crippen LogP contribution >= 0.6 is 11.8 Å². The third-order valence-corrected chi connectivity index (χ3v) is 4.65. The van der Waals surface area contributed by atoms with Gasteiger partial charge in [0.1, 0.15) is 5.75 Å². The van der Waals surface area contributed by atoms with Crippen LogP contribution in [0.25, 0.3) is 0 Å². The van der Waals surface area contributed by atoms with Gasteiger partial charge in [0, 0.05) is 16.3 Å². The maximum atomic E-state index is 12.2. The number of hydrogen-bond acceptors (Lipinski definition) is 5. The van der Waals surface area contributed by atoms with Gasteiger partial charge in [-0.1, -0.05) is 6.07 Å². The lowest BCUT2D eigenvalue weighted by molar-refractivity contribution is -0.113. The molecule has 0 aliphatic heterocycles. The van der Waals surface area contributed by atoms with Crippen LogP contribution in [0, 0.1) is 0 Å². The molecule has 0 radical (unpaired) electrons. The van der Waals surface area contributed by atoms with Crippen molar-refractivity contribution in [3.05, 3.63) is 72.7 Å². The lowest BCUT2D eigenvalue weighted by atomic mass is 10.3. The molecule has 6 nitrogen and oxygen atoms in total. The molecule has 2 aromatic carbocycles. The van der Waals surface area contributed by atoms with Crippen LogP contribution in [0.4, 0.5) is 11.4 Å². The van der Waals surface area contributed by atoms with Crippen LogP contribution in [0.15, 0.2) is 76.2 Å². The Morgan fingerprint density at radius 3 is 2.54 bits per heavy atom. The highest BCUT2D eigenvalue weighted by Gasteiger charge is 2.09. The Morgan fingerprint density at radius 1 is 1.00 bits per heavy atom. The molecular weight excluding hydrogens is 376 g/mol. The first kappa shape index (κ1) is 19.6. The monoisotopic (exact) mass is 396 g/mol. The van der Waals surface area contributed by atoms with Gasteiger partial charge in [0.25, 0.3) is 5.91 Å². The number of hydrogen-bond donors (Lipinski definition) is 2. The first-order valence-corrected chi connectivity index (χ1v) is 9.73. The van der Waals surface area contributed by atoms with Gasteiger partial charge in [0.05, 0.1) is 18.6 Å². The zero-order valence-electron chi connectivity index (χ0n) is 15.3. The minimum Gasteiger partial charge on any atom is -0.494 e. The molecule has 144 valence electrons. The predicted octanol–water partition coefficient (Wildman–Crippen LogP) is 4.66.